The van der Waals surface area contributed by atoms with Crippen molar-refractivity contribution in [3.05, 3.63) is 74.9 Å². The number of carbonyl (C=O) groups is 2. The van der Waals surface area contributed by atoms with Crippen molar-refractivity contribution in [1.29, 1.82) is 0 Å². The highest BCUT2D eigenvalue weighted by atomic mass is 127. The smallest absolute Gasteiger partial charge is 0.182 e. The molecule has 0 saturated heterocycles. The molecule has 0 amide bonds. The maximum atomic E-state index is 13.5. The maximum absolute atomic E-state index is 13.5. The van der Waals surface area contributed by atoms with Crippen LogP contribution in [0.2, 0.25) is 0 Å². The molecule has 138 valence electrons. The minimum absolute atomic E-state index is 0.0259. The Morgan fingerprint density at radius 2 is 1.67 bits per heavy atom. The van der Waals surface area contributed by atoms with Gasteiger partial charge in [0.15, 0.2) is 11.6 Å². The van der Waals surface area contributed by atoms with E-state index in [1.165, 1.54) is 0 Å². The fraction of sp³-hybridized carbons (Fsp3) is 0.304. The molecule has 1 spiro atoms. The van der Waals surface area contributed by atoms with Crippen molar-refractivity contribution in [2.75, 3.05) is 0 Å². The summed E-state index contributed by atoms with van der Waals surface area (Å²) in [7, 11) is 0. The number of hydrogen-bond donors (Lipinski definition) is 0. The molecule has 4 rings (SSSR count). The van der Waals surface area contributed by atoms with Crippen LogP contribution in [0.4, 0.5) is 0 Å². The van der Waals surface area contributed by atoms with E-state index in [1.54, 1.807) is 19.1 Å². The Bertz CT molecular complexity index is 906. The summed E-state index contributed by atoms with van der Waals surface area (Å²) in [5.74, 6) is 0.853. The Morgan fingerprint density at radius 3 is 2.26 bits per heavy atom. The Kier molecular flexibility index (Phi) is 4.93. The van der Waals surface area contributed by atoms with Gasteiger partial charge < -0.3 is 4.74 Å². The molecule has 0 aromatic heterocycles. The quantitative estimate of drug-likeness (QED) is 0.413. The van der Waals surface area contributed by atoms with E-state index in [1.807, 2.05) is 42.5 Å². The fourth-order valence-corrected chi connectivity index (χ4v) is 5.26. The van der Waals surface area contributed by atoms with Crippen LogP contribution >= 0.6 is 22.6 Å². The van der Waals surface area contributed by atoms with E-state index in [0.29, 0.717) is 14.9 Å². The second kappa shape index (κ2) is 7.23. The molecule has 2 aliphatic rings. The van der Waals surface area contributed by atoms with E-state index in [4.69, 9.17) is 4.74 Å². The van der Waals surface area contributed by atoms with Crippen LogP contribution in [-0.2, 0) is 9.53 Å². The third-order valence-corrected chi connectivity index (χ3v) is 6.72. The highest BCUT2D eigenvalue weighted by Crippen LogP contribution is 2.56. The van der Waals surface area contributed by atoms with Crippen LogP contribution in [0.5, 0.6) is 0 Å². The second-order valence-corrected chi connectivity index (χ2v) is 8.46. The zero-order valence-electron chi connectivity index (χ0n) is 15.2. The van der Waals surface area contributed by atoms with Crippen molar-refractivity contribution in [3.63, 3.8) is 0 Å². The molecule has 1 aliphatic carbocycles. The van der Waals surface area contributed by atoms with Crippen molar-refractivity contribution < 1.29 is 14.3 Å². The summed E-state index contributed by atoms with van der Waals surface area (Å²) in [6, 6.07) is 17.4. The van der Waals surface area contributed by atoms with Gasteiger partial charge in [0.05, 0.1) is 8.99 Å². The molecule has 0 N–H and O–H groups in total. The summed E-state index contributed by atoms with van der Waals surface area (Å²) in [4.78, 5) is 25.0. The van der Waals surface area contributed by atoms with Crippen LogP contribution in [-0.4, -0.2) is 11.6 Å². The Balaban J connectivity index is 1.80. The summed E-state index contributed by atoms with van der Waals surface area (Å²) in [6.07, 6.45) is 3.59. The number of ether oxygens (including phenoxy) is 1. The minimum Gasteiger partial charge on any atom is -0.483 e. The van der Waals surface area contributed by atoms with Crippen molar-refractivity contribution in [1.82, 2.24) is 0 Å². The first kappa shape index (κ1) is 18.4. The number of rotatable bonds is 3. The standard InChI is InChI=1S/C23H21IO3/c1-15(25)16-9-11-17(12-10-16)20-19(24)21(26)23(13-5-6-14-23)22(27-20)18-7-3-2-4-8-18/h2-4,7-12,22H,5-6,13-14H2,1H3. The van der Waals surface area contributed by atoms with E-state index >= 15 is 0 Å². The third-order valence-electron chi connectivity index (χ3n) is 5.74. The molecule has 1 saturated carbocycles. The van der Waals surface area contributed by atoms with Gasteiger partial charge in [0.1, 0.15) is 11.9 Å². The summed E-state index contributed by atoms with van der Waals surface area (Å²) < 4.78 is 7.21. The molecule has 2 aromatic rings. The average Bonchev–Trinajstić information content (AvgIpc) is 3.18. The molecule has 1 fully saturated rings. The number of Topliss-reactive ketones (excluding diaryl/α,β-unsaturated/α-hetero) is 2. The van der Waals surface area contributed by atoms with E-state index in [2.05, 4.69) is 22.6 Å². The van der Waals surface area contributed by atoms with Gasteiger partial charge >= 0.3 is 0 Å². The fourth-order valence-electron chi connectivity index (χ4n) is 4.28. The third kappa shape index (κ3) is 3.14. The molecule has 4 heteroatoms. The van der Waals surface area contributed by atoms with Crippen molar-refractivity contribution in [2.24, 2.45) is 5.41 Å². The van der Waals surface area contributed by atoms with Gasteiger partial charge in [-0.3, -0.25) is 9.59 Å². The van der Waals surface area contributed by atoms with E-state index in [9.17, 15) is 9.59 Å². The molecule has 1 heterocycles. The van der Waals surface area contributed by atoms with Gasteiger partial charge in [-0.1, -0.05) is 67.4 Å². The average molecular weight is 472 g/mol. The molecule has 1 atom stereocenters. The largest absolute Gasteiger partial charge is 0.483 e. The summed E-state index contributed by atoms with van der Waals surface area (Å²) in [6.45, 7) is 1.55. The Morgan fingerprint density at radius 1 is 1.04 bits per heavy atom. The zero-order chi connectivity index (χ0) is 19.0. The lowest BCUT2D eigenvalue weighted by Crippen LogP contribution is -2.40. The molecule has 2 aromatic carbocycles. The van der Waals surface area contributed by atoms with Gasteiger partial charge in [0.2, 0.25) is 0 Å². The van der Waals surface area contributed by atoms with E-state index < -0.39 is 5.41 Å². The molecule has 27 heavy (non-hydrogen) atoms. The molecule has 0 bridgehead atoms. The number of ketones is 2. The summed E-state index contributed by atoms with van der Waals surface area (Å²) in [5, 5.41) is 0. The van der Waals surface area contributed by atoms with Crippen molar-refractivity contribution >= 4 is 39.9 Å². The zero-order valence-corrected chi connectivity index (χ0v) is 17.4. The number of hydrogen-bond acceptors (Lipinski definition) is 3. The van der Waals surface area contributed by atoms with E-state index in [0.717, 1.165) is 36.8 Å². The van der Waals surface area contributed by atoms with Gasteiger partial charge in [0, 0.05) is 11.1 Å². The van der Waals surface area contributed by atoms with Gasteiger partial charge in [-0.25, -0.2) is 0 Å². The van der Waals surface area contributed by atoms with Gasteiger partial charge in [-0.15, -0.1) is 0 Å². The predicted molar refractivity (Wildman–Crippen MR) is 114 cm³/mol. The minimum atomic E-state index is -0.458. The molecule has 1 aliphatic heterocycles. The predicted octanol–water partition coefficient (Wildman–Crippen LogP) is 5.89. The summed E-state index contributed by atoms with van der Waals surface area (Å²) >= 11 is 2.14. The van der Waals surface area contributed by atoms with Crippen LogP contribution in [0, 0.1) is 5.41 Å². The molecular formula is C23H21IO3. The lowest BCUT2D eigenvalue weighted by atomic mass is 9.72. The highest BCUT2D eigenvalue weighted by molar-refractivity contribution is 14.1. The van der Waals surface area contributed by atoms with Gasteiger partial charge in [-0.2, -0.15) is 0 Å². The monoisotopic (exact) mass is 472 g/mol. The molecular weight excluding hydrogens is 451 g/mol. The maximum Gasteiger partial charge on any atom is 0.182 e. The number of allylic oxidation sites excluding steroid dienone is 1. The first-order valence-electron chi connectivity index (χ1n) is 9.30. The highest BCUT2D eigenvalue weighted by Gasteiger charge is 2.53. The van der Waals surface area contributed by atoms with Crippen LogP contribution < -0.4 is 0 Å². The Labute approximate surface area is 173 Å². The lowest BCUT2D eigenvalue weighted by Gasteiger charge is -2.41. The van der Waals surface area contributed by atoms with Crippen molar-refractivity contribution in [2.45, 2.75) is 38.7 Å². The van der Waals surface area contributed by atoms with Crippen LogP contribution in [0.15, 0.2) is 58.2 Å². The van der Waals surface area contributed by atoms with Gasteiger partial charge in [0.25, 0.3) is 0 Å². The molecule has 0 radical (unpaired) electrons. The van der Waals surface area contributed by atoms with Crippen LogP contribution in [0.1, 0.15) is 60.2 Å². The van der Waals surface area contributed by atoms with Crippen molar-refractivity contribution in [3.8, 4) is 0 Å². The normalized spacial score (nSPS) is 21.4. The Hall–Kier alpha value is -1.95. The summed E-state index contributed by atoms with van der Waals surface area (Å²) in [5.41, 5.74) is 2.09. The van der Waals surface area contributed by atoms with Gasteiger partial charge in [-0.05, 0) is 47.9 Å². The SMILES string of the molecule is CC(=O)c1ccc(C2=C(I)C(=O)C3(CCCC3)C(c3ccccc3)O2)cc1. The van der Waals surface area contributed by atoms with Crippen LogP contribution in [0.25, 0.3) is 5.76 Å². The van der Waals surface area contributed by atoms with E-state index in [-0.39, 0.29) is 17.7 Å². The second-order valence-electron chi connectivity index (χ2n) is 7.38. The topological polar surface area (TPSA) is 43.4 Å². The first-order chi connectivity index (χ1) is 13.0. The lowest BCUT2D eigenvalue weighted by molar-refractivity contribution is -0.133. The number of benzene rings is 2. The first-order valence-corrected chi connectivity index (χ1v) is 10.4. The van der Waals surface area contributed by atoms with Crippen LogP contribution in [0.3, 0.4) is 0 Å². The molecule has 1 unspecified atom stereocenters. The number of carbonyl (C=O) groups excluding carboxylic acids is 2. The molecule has 3 nitrogen and oxygen atoms in total. The number of halogens is 1.